The van der Waals surface area contributed by atoms with Crippen molar-refractivity contribution in [1.29, 1.82) is 0 Å². The Labute approximate surface area is 102 Å². The molecular formula is C9H16N2O4S2. The van der Waals surface area contributed by atoms with Crippen molar-refractivity contribution in [2.24, 2.45) is 0 Å². The molecule has 3 aliphatic rings. The van der Waals surface area contributed by atoms with Gasteiger partial charge in [-0.05, 0) is 19.3 Å². The van der Waals surface area contributed by atoms with Crippen LogP contribution in [0.5, 0.6) is 0 Å². The molecule has 3 rings (SSSR count). The molecule has 98 valence electrons. The molecule has 0 aliphatic carbocycles. The molecule has 0 amide bonds. The summed E-state index contributed by atoms with van der Waals surface area (Å²) in [5.41, 5.74) is 0. The van der Waals surface area contributed by atoms with Crippen molar-refractivity contribution < 1.29 is 16.8 Å². The number of sulfone groups is 1. The highest BCUT2D eigenvalue weighted by Crippen LogP contribution is 2.36. The molecule has 17 heavy (non-hydrogen) atoms. The summed E-state index contributed by atoms with van der Waals surface area (Å²) in [6.07, 6.45) is 2.29. The number of nitrogens with zero attached hydrogens (tertiary/aromatic N) is 2. The molecule has 2 atom stereocenters. The van der Waals surface area contributed by atoms with Crippen LogP contribution in [0.3, 0.4) is 0 Å². The highest BCUT2D eigenvalue weighted by Gasteiger charge is 2.53. The van der Waals surface area contributed by atoms with Crippen LogP contribution in [0.25, 0.3) is 0 Å². The molecule has 3 aliphatic heterocycles. The van der Waals surface area contributed by atoms with E-state index in [1.54, 1.807) is 0 Å². The zero-order valence-corrected chi connectivity index (χ0v) is 11.1. The Morgan fingerprint density at radius 1 is 1.12 bits per heavy atom. The molecule has 0 spiro atoms. The molecule has 3 saturated heterocycles. The first-order valence-electron chi connectivity index (χ1n) is 5.90. The molecule has 0 aromatic rings. The summed E-state index contributed by atoms with van der Waals surface area (Å²) in [7, 11) is -6.45. The molecule has 6 nitrogen and oxygen atoms in total. The van der Waals surface area contributed by atoms with Gasteiger partial charge in [-0.3, -0.25) is 0 Å². The summed E-state index contributed by atoms with van der Waals surface area (Å²) in [5.74, 6) is 0.00470. The van der Waals surface area contributed by atoms with Crippen molar-refractivity contribution in [1.82, 2.24) is 8.61 Å². The Kier molecular flexibility index (Phi) is 2.56. The number of hydrogen-bond donors (Lipinski definition) is 0. The average molecular weight is 280 g/mol. The van der Waals surface area contributed by atoms with E-state index in [4.69, 9.17) is 0 Å². The Hall–Kier alpha value is -0.180. The van der Waals surface area contributed by atoms with Gasteiger partial charge in [0, 0.05) is 25.7 Å². The predicted octanol–water partition coefficient (Wildman–Crippen LogP) is -0.802. The third-order valence-corrected chi connectivity index (χ3v) is 8.21. The molecule has 0 saturated carbocycles. The van der Waals surface area contributed by atoms with Gasteiger partial charge < -0.3 is 0 Å². The lowest BCUT2D eigenvalue weighted by Gasteiger charge is -2.29. The molecule has 0 aromatic carbocycles. The molecule has 3 heterocycles. The van der Waals surface area contributed by atoms with Crippen LogP contribution in [-0.2, 0) is 20.0 Å². The highest BCUT2D eigenvalue weighted by atomic mass is 32.2. The van der Waals surface area contributed by atoms with Crippen LogP contribution in [0.2, 0.25) is 0 Å². The predicted molar refractivity (Wildman–Crippen MR) is 62.4 cm³/mol. The van der Waals surface area contributed by atoms with E-state index < -0.39 is 25.3 Å². The van der Waals surface area contributed by atoms with Crippen molar-refractivity contribution in [2.75, 3.05) is 25.4 Å². The molecule has 0 radical (unpaired) electrons. The van der Waals surface area contributed by atoms with Crippen LogP contribution in [0.15, 0.2) is 0 Å². The van der Waals surface area contributed by atoms with Crippen LogP contribution >= 0.6 is 0 Å². The number of fused-ring (bicyclic) bond motifs is 2. The summed E-state index contributed by atoms with van der Waals surface area (Å²) >= 11 is 0. The Balaban J connectivity index is 1.84. The van der Waals surface area contributed by atoms with E-state index >= 15 is 0 Å². The zero-order chi connectivity index (χ0) is 12.3. The van der Waals surface area contributed by atoms with Gasteiger partial charge in [0.2, 0.25) is 0 Å². The van der Waals surface area contributed by atoms with Crippen LogP contribution in [0.4, 0.5) is 0 Å². The van der Waals surface area contributed by atoms with Crippen molar-refractivity contribution in [3.8, 4) is 0 Å². The van der Waals surface area contributed by atoms with Gasteiger partial charge in [-0.15, -0.1) is 0 Å². The van der Waals surface area contributed by atoms with Crippen molar-refractivity contribution in [2.45, 2.75) is 30.6 Å². The van der Waals surface area contributed by atoms with Gasteiger partial charge in [0.15, 0.2) is 9.84 Å². The monoisotopic (exact) mass is 280 g/mol. The first-order valence-corrected chi connectivity index (χ1v) is 9.01. The average Bonchev–Trinajstić information content (AvgIpc) is 2.89. The van der Waals surface area contributed by atoms with Gasteiger partial charge in [-0.2, -0.15) is 17.0 Å². The molecule has 2 bridgehead atoms. The van der Waals surface area contributed by atoms with Crippen LogP contribution < -0.4 is 0 Å². The Morgan fingerprint density at radius 2 is 1.76 bits per heavy atom. The first kappa shape index (κ1) is 11.9. The maximum absolute atomic E-state index is 12.3. The minimum atomic E-state index is -3.42. The third-order valence-electron chi connectivity index (χ3n) is 3.95. The van der Waals surface area contributed by atoms with Gasteiger partial charge in [-0.25, -0.2) is 8.42 Å². The quantitative estimate of drug-likeness (QED) is 0.663. The van der Waals surface area contributed by atoms with Gasteiger partial charge in [0.25, 0.3) is 10.2 Å². The van der Waals surface area contributed by atoms with E-state index in [0.717, 1.165) is 12.8 Å². The lowest BCUT2D eigenvalue weighted by atomic mass is 10.3. The second-order valence-corrected chi connectivity index (χ2v) is 9.23. The van der Waals surface area contributed by atoms with Crippen LogP contribution in [0, 0.1) is 0 Å². The normalized spacial score (nSPS) is 37.9. The summed E-state index contributed by atoms with van der Waals surface area (Å²) in [4.78, 5) is 0. The number of rotatable bonds is 2. The van der Waals surface area contributed by atoms with Crippen molar-refractivity contribution in [3.63, 3.8) is 0 Å². The molecular weight excluding hydrogens is 264 g/mol. The zero-order valence-electron chi connectivity index (χ0n) is 9.45. The lowest BCUT2D eigenvalue weighted by molar-refractivity contribution is 0.354. The van der Waals surface area contributed by atoms with Gasteiger partial charge >= 0.3 is 0 Å². The molecule has 0 N–H and O–H groups in total. The maximum atomic E-state index is 12.3. The van der Waals surface area contributed by atoms with Crippen molar-refractivity contribution in [3.05, 3.63) is 0 Å². The summed E-state index contributed by atoms with van der Waals surface area (Å²) in [6.45, 7) is 1.30. The van der Waals surface area contributed by atoms with Crippen LogP contribution in [0.1, 0.15) is 19.3 Å². The van der Waals surface area contributed by atoms with E-state index in [0.29, 0.717) is 19.5 Å². The minimum absolute atomic E-state index is 0.00470. The van der Waals surface area contributed by atoms with Crippen molar-refractivity contribution >= 4 is 20.0 Å². The fraction of sp³-hybridized carbons (Fsp3) is 1.00. The molecule has 3 fully saturated rings. The van der Waals surface area contributed by atoms with Gasteiger partial charge in [0.1, 0.15) is 0 Å². The summed E-state index contributed by atoms with van der Waals surface area (Å²) in [5, 5.41) is -0.468. The molecule has 0 aromatic heterocycles. The third kappa shape index (κ3) is 1.73. The number of hydrogen-bond acceptors (Lipinski definition) is 4. The molecule has 2 unspecified atom stereocenters. The minimum Gasteiger partial charge on any atom is -0.228 e. The fourth-order valence-corrected chi connectivity index (χ4v) is 7.15. The van der Waals surface area contributed by atoms with E-state index in [1.807, 2.05) is 0 Å². The van der Waals surface area contributed by atoms with Crippen LogP contribution in [-0.4, -0.2) is 62.1 Å². The summed E-state index contributed by atoms with van der Waals surface area (Å²) in [6, 6.07) is -0.324. The lowest BCUT2D eigenvalue weighted by Crippen LogP contribution is -2.49. The highest BCUT2D eigenvalue weighted by molar-refractivity contribution is 7.92. The fourth-order valence-electron chi connectivity index (χ4n) is 3.01. The Bertz CT molecular complexity index is 521. The van der Waals surface area contributed by atoms with E-state index in [2.05, 4.69) is 0 Å². The molecule has 8 heteroatoms. The largest absolute Gasteiger partial charge is 0.282 e. The van der Waals surface area contributed by atoms with Gasteiger partial charge in [-0.1, -0.05) is 0 Å². The first-order chi connectivity index (χ1) is 7.91. The second-order valence-electron chi connectivity index (χ2n) is 5.02. The van der Waals surface area contributed by atoms with E-state index in [1.165, 1.54) is 8.61 Å². The van der Waals surface area contributed by atoms with E-state index in [-0.39, 0.29) is 18.3 Å². The summed E-state index contributed by atoms with van der Waals surface area (Å²) < 4.78 is 50.6. The maximum Gasteiger partial charge on any atom is 0.282 e. The standard InChI is InChI=1S/C9H16N2O4S2/c12-16(13)7-8-5-9(16)6-11(8)17(14,15)10-3-1-2-4-10/h8-9H,1-7H2. The SMILES string of the molecule is O=S1(=O)CC2CC1CN2S(=O)(=O)N1CCCC1. The van der Waals surface area contributed by atoms with E-state index in [9.17, 15) is 16.8 Å². The van der Waals surface area contributed by atoms with Gasteiger partial charge in [0.05, 0.1) is 11.0 Å². The smallest absolute Gasteiger partial charge is 0.228 e. The second kappa shape index (κ2) is 3.66. The Morgan fingerprint density at radius 3 is 2.24 bits per heavy atom. The topological polar surface area (TPSA) is 74.8 Å².